The van der Waals surface area contributed by atoms with E-state index in [1.165, 1.54) is 5.56 Å². The molecular weight excluding hydrogens is 426 g/mol. The van der Waals surface area contributed by atoms with Crippen LogP contribution in [0.2, 0.25) is 11.6 Å². The topological polar surface area (TPSA) is 0 Å². The molecule has 0 bridgehead atoms. The van der Waals surface area contributed by atoms with Crippen molar-refractivity contribution in [3.63, 3.8) is 0 Å². The second-order valence-electron chi connectivity index (χ2n) is 5.22. The van der Waals surface area contributed by atoms with Crippen molar-refractivity contribution in [3.8, 4) is 0 Å². The first-order chi connectivity index (χ1) is 10.4. The van der Waals surface area contributed by atoms with Crippen LogP contribution in [-0.4, -0.2) is 16.9 Å². The minimum absolute atomic E-state index is 0.683. The zero-order chi connectivity index (χ0) is 17.8. The molecule has 0 unspecified atom stereocenters. The molecule has 0 heterocycles. The van der Waals surface area contributed by atoms with Gasteiger partial charge in [0.15, 0.2) is 0 Å². The van der Waals surface area contributed by atoms with Gasteiger partial charge in [0.2, 0.25) is 0 Å². The van der Waals surface area contributed by atoms with E-state index >= 15 is 0 Å². The van der Waals surface area contributed by atoms with Crippen LogP contribution in [0.1, 0.15) is 16.7 Å². The Bertz CT molecular complexity index is 660. The van der Waals surface area contributed by atoms with Gasteiger partial charge in [-0.3, -0.25) is 0 Å². The van der Waals surface area contributed by atoms with E-state index in [0.717, 1.165) is 16.3 Å². The Morgan fingerprint density at radius 1 is 1.00 bits per heavy atom. The second-order valence-corrected chi connectivity index (χ2v) is 15.8. The number of hydrogen-bond donors (Lipinski definition) is 0. The van der Waals surface area contributed by atoms with Gasteiger partial charge in [-0.15, -0.1) is 45.4 Å². The molecule has 0 nitrogen and oxygen atoms in total. The van der Waals surface area contributed by atoms with Crippen LogP contribution in [0, 0.1) is 13.8 Å². The Kier molecular flexibility index (Phi) is 8.00. The van der Waals surface area contributed by atoms with Crippen molar-refractivity contribution in [2.45, 2.75) is 24.4 Å². The van der Waals surface area contributed by atoms with Crippen LogP contribution in [0.15, 0.2) is 42.5 Å². The summed E-state index contributed by atoms with van der Waals surface area (Å²) in [5.74, 6) is 0. The molecule has 0 saturated heterocycles. The van der Waals surface area contributed by atoms with E-state index in [4.69, 9.17) is 57.0 Å². The average Bonchev–Trinajstić information content (AvgIpc) is 2.40. The Morgan fingerprint density at radius 3 is 1.96 bits per heavy atom. The molecule has 23 heavy (non-hydrogen) atoms. The fraction of sp³-hybridized carbons (Fsp3) is 0.250. The first-order valence-electron chi connectivity index (χ1n) is 6.76. The van der Waals surface area contributed by atoms with Gasteiger partial charge in [-0.05, 0) is 54.4 Å². The molecule has 0 saturated carbocycles. The molecule has 0 spiro atoms. The summed E-state index contributed by atoms with van der Waals surface area (Å²) in [6.07, 6.45) is 0. The van der Waals surface area contributed by atoms with Crippen LogP contribution in [0.25, 0.3) is 0 Å². The van der Waals surface area contributed by atoms with Crippen LogP contribution < -0.4 is 5.19 Å². The van der Waals surface area contributed by atoms with Crippen LogP contribution in [0.4, 0.5) is 0 Å². The van der Waals surface area contributed by atoms with Gasteiger partial charge in [-0.25, -0.2) is 0 Å². The lowest BCUT2D eigenvalue weighted by molar-refractivity contribution is 1.16. The first-order valence-corrected chi connectivity index (χ1v) is 12.9. The third-order valence-corrected chi connectivity index (χ3v) is 6.82. The van der Waals surface area contributed by atoms with Crippen LogP contribution >= 0.6 is 57.0 Å². The van der Waals surface area contributed by atoms with Gasteiger partial charge in [0.25, 0.3) is 6.69 Å². The summed E-state index contributed by atoms with van der Waals surface area (Å²) in [5.41, 5.74) is 3.22. The third-order valence-electron chi connectivity index (χ3n) is 3.27. The average molecular weight is 442 g/mol. The van der Waals surface area contributed by atoms with Gasteiger partial charge >= 0.3 is 0 Å². The smallest absolute Gasteiger partial charge is 0.140 e. The molecule has 0 amide bonds. The summed E-state index contributed by atoms with van der Waals surface area (Å²) in [6, 6.07) is 13.3. The number of benzene rings is 2. The number of aryl methyl sites for hydroxylation is 1. The number of hydrogen-bond acceptors (Lipinski definition) is 0. The SMILES string of the molecule is C[Si](Cl)(Cl)c1cccc(Cl)c1.Cc1cccc(C([Si])(Cl)Cl)c1C. The molecule has 7 heteroatoms. The number of alkyl halides is 2. The van der Waals surface area contributed by atoms with Gasteiger partial charge in [0.05, 0.1) is 10.2 Å². The van der Waals surface area contributed by atoms with Crippen molar-refractivity contribution in [2.75, 3.05) is 0 Å². The quantitative estimate of drug-likeness (QED) is 0.298. The molecule has 0 aliphatic rings. The summed E-state index contributed by atoms with van der Waals surface area (Å²) in [4.78, 5) is 0. The molecule has 2 rings (SSSR count). The van der Waals surface area contributed by atoms with Gasteiger partial charge < -0.3 is 0 Å². The van der Waals surface area contributed by atoms with Crippen molar-refractivity contribution in [1.29, 1.82) is 0 Å². The lowest BCUT2D eigenvalue weighted by Gasteiger charge is -2.17. The Hall–Kier alpha value is 0.324. The maximum absolute atomic E-state index is 5.98. The van der Waals surface area contributed by atoms with Crippen molar-refractivity contribution in [2.24, 2.45) is 0 Å². The molecule has 123 valence electrons. The van der Waals surface area contributed by atoms with E-state index in [2.05, 4.69) is 10.2 Å². The third kappa shape index (κ3) is 6.99. The van der Waals surface area contributed by atoms with E-state index in [0.29, 0.717) is 5.02 Å². The molecule has 0 N–H and O–H groups in total. The van der Waals surface area contributed by atoms with Gasteiger partial charge in [0.1, 0.15) is 3.96 Å². The highest BCUT2D eigenvalue weighted by Crippen LogP contribution is 2.33. The minimum atomic E-state index is -2.20. The fourth-order valence-corrected chi connectivity index (χ4v) is 4.32. The molecule has 0 aliphatic heterocycles. The highest BCUT2D eigenvalue weighted by Gasteiger charge is 2.23. The van der Waals surface area contributed by atoms with Gasteiger partial charge in [0, 0.05) is 5.02 Å². The van der Waals surface area contributed by atoms with Crippen molar-refractivity contribution < 1.29 is 0 Å². The fourth-order valence-electron chi connectivity index (χ4n) is 1.85. The van der Waals surface area contributed by atoms with E-state index in [1.807, 2.05) is 56.8 Å². The normalized spacial score (nSPS) is 11.7. The van der Waals surface area contributed by atoms with Crippen LogP contribution in [-0.2, 0) is 3.96 Å². The van der Waals surface area contributed by atoms with Crippen molar-refractivity contribution in [3.05, 3.63) is 64.2 Å². The Morgan fingerprint density at radius 2 is 1.57 bits per heavy atom. The van der Waals surface area contributed by atoms with Gasteiger partial charge in [-0.1, -0.05) is 41.9 Å². The molecule has 2 aromatic rings. The van der Waals surface area contributed by atoms with Crippen LogP contribution in [0.3, 0.4) is 0 Å². The Labute approximate surface area is 166 Å². The summed E-state index contributed by atoms with van der Waals surface area (Å²) in [5, 5.41) is 1.64. The lowest BCUT2D eigenvalue weighted by atomic mass is 10.0. The minimum Gasteiger partial charge on any atom is -0.140 e. The van der Waals surface area contributed by atoms with Gasteiger partial charge in [-0.2, -0.15) is 0 Å². The van der Waals surface area contributed by atoms with Crippen molar-refractivity contribution >= 4 is 79.1 Å². The molecule has 0 aliphatic carbocycles. The monoisotopic (exact) mass is 439 g/mol. The summed E-state index contributed by atoms with van der Waals surface area (Å²) in [6.45, 7) is 3.68. The molecule has 0 aromatic heterocycles. The molecule has 0 fully saturated rings. The largest absolute Gasteiger partial charge is 0.277 e. The molecule has 3 radical (unpaired) electrons. The van der Waals surface area contributed by atoms with E-state index < -0.39 is 10.7 Å². The zero-order valence-electron chi connectivity index (χ0n) is 12.9. The maximum atomic E-state index is 5.98. The predicted octanol–water partition coefficient (Wildman–Crippen LogP) is 6.16. The standard InChI is InChI=1S/C9H9Cl2Si.C7H7Cl3Si/c1-6-4-3-5-8(7(6)2)9(10,11)12;1-11(9,10)7-4-2-3-6(8)5-7/h3-5H,1-2H3;2-5H,1H3. The zero-order valence-corrected chi connectivity index (χ0v) is 18.7. The highest BCUT2D eigenvalue weighted by molar-refractivity contribution is 7.50. The Balaban J connectivity index is 0.000000231. The summed E-state index contributed by atoms with van der Waals surface area (Å²) >= 11 is 29.5. The lowest BCUT2D eigenvalue weighted by Crippen LogP contribution is -2.32. The van der Waals surface area contributed by atoms with E-state index in [9.17, 15) is 0 Å². The first kappa shape index (κ1) is 21.4. The van der Waals surface area contributed by atoms with E-state index in [-0.39, 0.29) is 0 Å². The number of rotatable bonds is 2. The van der Waals surface area contributed by atoms with Crippen LogP contribution in [0.5, 0.6) is 0 Å². The molecule has 0 atom stereocenters. The molecular formula is C16H16Cl5Si2. The van der Waals surface area contributed by atoms with Crippen molar-refractivity contribution in [1.82, 2.24) is 0 Å². The maximum Gasteiger partial charge on any atom is 0.277 e. The summed E-state index contributed by atoms with van der Waals surface area (Å²) in [7, 11) is 3.25. The highest BCUT2D eigenvalue weighted by atomic mass is 35.7. The van der Waals surface area contributed by atoms with E-state index in [1.54, 1.807) is 6.07 Å². The predicted molar refractivity (Wildman–Crippen MR) is 109 cm³/mol. The summed E-state index contributed by atoms with van der Waals surface area (Å²) < 4.78 is -0.976. The number of halogens is 5. The second kappa shape index (κ2) is 8.62. The molecule has 2 aromatic carbocycles.